The zero-order chi connectivity index (χ0) is 23.7. The number of aromatic amines is 1. The summed E-state index contributed by atoms with van der Waals surface area (Å²) in [6.07, 6.45) is 5.70. The van der Waals surface area contributed by atoms with E-state index >= 15 is 0 Å². The number of fused-ring (bicyclic) bond motifs is 1. The number of methoxy groups -OCH3 is 1. The van der Waals surface area contributed by atoms with E-state index in [1.807, 2.05) is 10.9 Å². The Hall–Kier alpha value is -4.19. The lowest BCUT2D eigenvalue weighted by atomic mass is 10.1. The molecule has 0 aliphatic carbocycles. The Labute approximate surface area is 194 Å². The number of nitrogens with two attached hydrogens (primary N) is 1. The first-order chi connectivity index (χ1) is 16.5. The first-order valence-electron chi connectivity index (χ1n) is 10.9. The largest absolute Gasteiger partial charge is 0.495 e. The predicted molar refractivity (Wildman–Crippen MR) is 126 cm³/mol. The SMILES string of the molecule is COc1cc(-c2nn(C3CCN(Cc4ncc[nH]4)CC3)c3ncnc(N)c23)ccc1NC(=O)O. The normalized spacial score (nSPS) is 15.0. The molecule has 4 aromatic rings. The van der Waals surface area contributed by atoms with Gasteiger partial charge in [0.25, 0.3) is 0 Å². The third kappa shape index (κ3) is 4.10. The lowest BCUT2D eigenvalue weighted by Gasteiger charge is -2.31. The number of benzene rings is 1. The van der Waals surface area contributed by atoms with Gasteiger partial charge in [0, 0.05) is 31.0 Å². The van der Waals surface area contributed by atoms with E-state index in [0.29, 0.717) is 34.0 Å². The fourth-order valence-corrected chi connectivity index (χ4v) is 4.43. The lowest BCUT2D eigenvalue weighted by molar-refractivity contribution is 0.172. The second-order valence-corrected chi connectivity index (χ2v) is 8.14. The highest BCUT2D eigenvalue weighted by atomic mass is 16.5. The van der Waals surface area contributed by atoms with Crippen molar-refractivity contribution in [2.45, 2.75) is 25.4 Å². The van der Waals surface area contributed by atoms with Crippen LogP contribution >= 0.6 is 0 Å². The summed E-state index contributed by atoms with van der Waals surface area (Å²) in [4.78, 5) is 29.6. The minimum Gasteiger partial charge on any atom is -0.495 e. The maximum absolute atomic E-state index is 11.1. The van der Waals surface area contributed by atoms with Gasteiger partial charge in [-0.25, -0.2) is 24.4 Å². The van der Waals surface area contributed by atoms with Crippen molar-refractivity contribution < 1.29 is 14.6 Å². The molecule has 1 saturated heterocycles. The summed E-state index contributed by atoms with van der Waals surface area (Å²) in [5, 5.41) is 17.0. The Kier molecular flexibility index (Phi) is 5.72. The molecule has 0 atom stereocenters. The van der Waals surface area contributed by atoms with Gasteiger partial charge in [0.2, 0.25) is 0 Å². The molecule has 176 valence electrons. The number of rotatable bonds is 6. The monoisotopic (exact) mass is 463 g/mol. The molecular formula is C22H25N9O3. The number of H-pyrrole nitrogens is 1. The van der Waals surface area contributed by atoms with Crippen LogP contribution in [-0.4, -0.2) is 66.0 Å². The molecule has 12 heteroatoms. The van der Waals surface area contributed by atoms with Crippen LogP contribution in [0.2, 0.25) is 0 Å². The van der Waals surface area contributed by atoms with Crippen LogP contribution in [0.5, 0.6) is 5.75 Å². The average Bonchev–Trinajstić information content (AvgIpc) is 3.48. The van der Waals surface area contributed by atoms with E-state index < -0.39 is 6.09 Å². The van der Waals surface area contributed by atoms with Crippen molar-refractivity contribution in [3.05, 3.63) is 42.7 Å². The van der Waals surface area contributed by atoms with Crippen molar-refractivity contribution in [1.29, 1.82) is 0 Å². The van der Waals surface area contributed by atoms with Crippen molar-refractivity contribution in [2.75, 3.05) is 31.2 Å². The molecule has 0 unspecified atom stereocenters. The Bertz CT molecular complexity index is 1310. The van der Waals surface area contributed by atoms with Crippen LogP contribution < -0.4 is 15.8 Å². The van der Waals surface area contributed by atoms with Gasteiger partial charge in [0.1, 0.15) is 29.4 Å². The minimum atomic E-state index is -1.17. The number of anilines is 2. The number of likely N-dealkylation sites (tertiary alicyclic amines) is 1. The fourth-order valence-electron chi connectivity index (χ4n) is 4.43. The van der Waals surface area contributed by atoms with E-state index in [1.165, 1.54) is 13.4 Å². The van der Waals surface area contributed by atoms with Gasteiger partial charge < -0.3 is 20.6 Å². The summed E-state index contributed by atoms with van der Waals surface area (Å²) in [5.41, 5.74) is 8.64. The van der Waals surface area contributed by atoms with Crippen molar-refractivity contribution in [1.82, 2.24) is 34.6 Å². The number of hydrogen-bond acceptors (Lipinski definition) is 8. The summed E-state index contributed by atoms with van der Waals surface area (Å²) in [7, 11) is 1.48. The van der Waals surface area contributed by atoms with Gasteiger partial charge in [-0.15, -0.1) is 0 Å². The quantitative estimate of drug-likeness (QED) is 0.337. The summed E-state index contributed by atoms with van der Waals surface area (Å²) in [6, 6.07) is 5.31. The van der Waals surface area contributed by atoms with Gasteiger partial charge in [0.15, 0.2) is 5.65 Å². The van der Waals surface area contributed by atoms with Crippen molar-refractivity contribution in [2.24, 2.45) is 0 Å². The van der Waals surface area contributed by atoms with E-state index in [1.54, 1.807) is 24.4 Å². The van der Waals surface area contributed by atoms with E-state index in [-0.39, 0.29) is 6.04 Å². The zero-order valence-electron chi connectivity index (χ0n) is 18.6. The molecule has 34 heavy (non-hydrogen) atoms. The molecule has 1 aromatic carbocycles. The Morgan fingerprint density at radius 3 is 2.82 bits per heavy atom. The van der Waals surface area contributed by atoms with Gasteiger partial charge in [-0.2, -0.15) is 5.10 Å². The topological polar surface area (TPSA) is 160 Å². The Morgan fingerprint density at radius 2 is 2.12 bits per heavy atom. The van der Waals surface area contributed by atoms with Crippen LogP contribution in [0, 0.1) is 0 Å². The number of hydrogen-bond donors (Lipinski definition) is 4. The standard InChI is InChI=1S/C22H25N9O3/c1-34-16-10-13(2-3-15(16)28-22(32)33)19-18-20(23)26-12-27-21(18)31(29-19)14-4-8-30(9-5-14)11-17-24-6-7-25-17/h2-3,6-7,10,12,14,28H,4-5,8-9,11H2,1H3,(H,24,25)(H,32,33)(H2,23,26,27). The molecule has 0 saturated carbocycles. The molecule has 5 rings (SSSR count). The number of piperidine rings is 1. The molecule has 0 spiro atoms. The minimum absolute atomic E-state index is 0.160. The fraction of sp³-hybridized carbons (Fsp3) is 0.318. The van der Waals surface area contributed by atoms with Gasteiger partial charge in [-0.05, 0) is 25.0 Å². The first-order valence-corrected chi connectivity index (χ1v) is 10.9. The van der Waals surface area contributed by atoms with Crippen molar-refractivity contribution >= 4 is 28.6 Å². The van der Waals surface area contributed by atoms with Gasteiger partial charge >= 0.3 is 6.09 Å². The number of amides is 1. The third-order valence-corrected chi connectivity index (χ3v) is 6.07. The molecule has 1 amide bonds. The van der Waals surface area contributed by atoms with E-state index in [2.05, 4.69) is 30.2 Å². The number of carboxylic acid groups (broad SMARTS) is 1. The van der Waals surface area contributed by atoms with Crippen LogP contribution in [-0.2, 0) is 6.54 Å². The molecular weight excluding hydrogens is 438 g/mol. The zero-order valence-corrected chi connectivity index (χ0v) is 18.6. The predicted octanol–water partition coefficient (Wildman–Crippen LogP) is 2.73. The lowest BCUT2D eigenvalue weighted by Crippen LogP contribution is -2.34. The van der Waals surface area contributed by atoms with Crippen LogP contribution in [0.1, 0.15) is 24.7 Å². The van der Waals surface area contributed by atoms with Gasteiger partial charge in [0.05, 0.1) is 30.8 Å². The molecule has 0 bridgehead atoms. The highest BCUT2D eigenvalue weighted by Crippen LogP contribution is 2.37. The van der Waals surface area contributed by atoms with E-state index in [4.69, 9.17) is 20.7 Å². The summed E-state index contributed by atoms with van der Waals surface area (Å²) >= 11 is 0. The molecule has 1 aliphatic heterocycles. The number of nitrogens with one attached hydrogen (secondary N) is 2. The van der Waals surface area contributed by atoms with Gasteiger partial charge in [-0.3, -0.25) is 10.2 Å². The number of imidazole rings is 1. The molecule has 0 radical (unpaired) electrons. The highest BCUT2D eigenvalue weighted by Gasteiger charge is 2.26. The van der Waals surface area contributed by atoms with Gasteiger partial charge in [-0.1, -0.05) is 6.07 Å². The number of carbonyl (C=O) groups is 1. The van der Waals surface area contributed by atoms with Crippen LogP contribution in [0.15, 0.2) is 36.9 Å². The number of nitrogen functional groups attached to an aromatic ring is 1. The number of nitrogens with zero attached hydrogens (tertiary/aromatic N) is 6. The maximum Gasteiger partial charge on any atom is 0.409 e. The van der Waals surface area contributed by atoms with Crippen LogP contribution in [0.4, 0.5) is 16.3 Å². The van der Waals surface area contributed by atoms with Crippen LogP contribution in [0.3, 0.4) is 0 Å². The molecule has 1 aliphatic rings. The maximum atomic E-state index is 11.1. The second kappa shape index (κ2) is 8.98. The third-order valence-electron chi connectivity index (χ3n) is 6.07. The summed E-state index contributed by atoms with van der Waals surface area (Å²) in [5.74, 6) is 1.68. The number of aromatic nitrogens is 6. The second-order valence-electron chi connectivity index (χ2n) is 8.14. The smallest absolute Gasteiger partial charge is 0.409 e. The van der Waals surface area contributed by atoms with E-state index in [9.17, 15) is 4.79 Å². The summed E-state index contributed by atoms with van der Waals surface area (Å²) < 4.78 is 7.34. The van der Waals surface area contributed by atoms with Crippen molar-refractivity contribution in [3.63, 3.8) is 0 Å². The average molecular weight is 464 g/mol. The molecule has 12 nitrogen and oxygen atoms in total. The molecule has 5 N–H and O–H groups in total. The Morgan fingerprint density at radius 1 is 1.29 bits per heavy atom. The highest BCUT2D eigenvalue weighted by molar-refractivity contribution is 5.99. The molecule has 4 heterocycles. The summed E-state index contributed by atoms with van der Waals surface area (Å²) in [6.45, 7) is 2.61. The van der Waals surface area contributed by atoms with Crippen molar-refractivity contribution in [3.8, 4) is 17.0 Å². The van der Waals surface area contributed by atoms with E-state index in [0.717, 1.165) is 43.9 Å². The molecule has 3 aromatic heterocycles. The number of ether oxygens (including phenoxy) is 1. The first kappa shape index (κ1) is 21.6. The van der Waals surface area contributed by atoms with Crippen LogP contribution in [0.25, 0.3) is 22.3 Å². The Balaban J connectivity index is 1.46. The molecule has 1 fully saturated rings.